The lowest BCUT2D eigenvalue weighted by Crippen LogP contribution is -2.55. The molecule has 0 aromatic carbocycles. The molecule has 0 heterocycles. The monoisotopic (exact) mass is 261 g/mol. The van der Waals surface area contributed by atoms with E-state index in [1.54, 1.807) is 0 Å². The zero-order valence-corrected chi connectivity index (χ0v) is 10.6. The number of halogens is 3. The van der Waals surface area contributed by atoms with Crippen molar-refractivity contribution in [1.82, 2.24) is 0 Å². The van der Waals surface area contributed by atoms with Gasteiger partial charge in [0.25, 0.3) is 7.22 Å². The van der Waals surface area contributed by atoms with Gasteiger partial charge in [-0.2, -0.15) is 13.2 Å². The van der Waals surface area contributed by atoms with Gasteiger partial charge in [-0.05, 0) is 19.0 Å². The van der Waals surface area contributed by atoms with Crippen LogP contribution >= 0.6 is 0 Å². The van der Waals surface area contributed by atoms with E-state index >= 15 is 0 Å². The Morgan fingerprint density at radius 3 is 1.67 bits per heavy atom. The van der Waals surface area contributed by atoms with Gasteiger partial charge in [0.1, 0.15) is 0 Å². The van der Waals surface area contributed by atoms with Crippen LogP contribution in [0.5, 0.6) is 0 Å². The van der Waals surface area contributed by atoms with Crippen LogP contribution in [0.2, 0.25) is 12.1 Å². The van der Waals surface area contributed by atoms with Gasteiger partial charge in [0, 0.05) is 5.33 Å². The minimum absolute atomic E-state index is 0.110. The lowest BCUT2D eigenvalue weighted by Gasteiger charge is -2.28. The quantitative estimate of drug-likeness (QED) is 0.624. The second-order valence-electron chi connectivity index (χ2n) is 3.28. The Bertz CT molecular complexity index is 346. The van der Waals surface area contributed by atoms with Crippen LogP contribution < -0.4 is 0 Å². The molecule has 0 unspecified atom stereocenters. The highest BCUT2D eigenvalue weighted by Gasteiger charge is 2.60. The Labute approximate surface area is 87.8 Å². The van der Waals surface area contributed by atoms with Gasteiger partial charge in [-0.25, -0.2) is 8.42 Å². The highest BCUT2D eigenvalue weighted by atomic mass is 32.4. The highest BCUT2D eigenvalue weighted by Crippen LogP contribution is 2.36. The Kier molecular flexibility index (Phi) is 4.14. The van der Waals surface area contributed by atoms with Gasteiger partial charge in [0.05, 0.1) is 0 Å². The zero-order valence-electron chi connectivity index (χ0n) is 8.77. The normalized spacial score (nSPS) is 14.0. The van der Waals surface area contributed by atoms with Crippen molar-refractivity contribution in [2.24, 2.45) is 0 Å². The lowest BCUT2D eigenvalue weighted by atomic mass is 10.9. The van der Waals surface area contributed by atoms with Crippen molar-refractivity contribution in [3.05, 3.63) is 0 Å². The van der Waals surface area contributed by atoms with E-state index in [1.807, 2.05) is 0 Å². The van der Waals surface area contributed by atoms with E-state index in [4.69, 9.17) is 5.41 Å². The maximum absolute atomic E-state index is 12.4. The molecule has 0 spiro atoms. The summed E-state index contributed by atoms with van der Waals surface area (Å²) >= 11 is 0. The third-order valence-corrected chi connectivity index (χ3v) is 14.4. The molecule has 0 aliphatic rings. The molecule has 0 aliphatic heterocycles. The molecule has 0 aliphatic carbocycles. The average Bonchev–Trinajstić information content (AvgIpc) is 2.04. The summed E-state index contributed by atoms with van der Waals surface area (Å²) in [6, 6.07) is -0.221. The summed E-state index contributed by atoms with van der Waals surface area (Å²) in [6.45, 7) is 3.95. The lowest BCUT2D eigenvalue weighted by molar-refractivity contribution is -0.0416. The van der Waals surface area contributed by atoms with Crippen LogP contribution in [0.4, 0.5) is 13.2 Å². The molecular weight excluding hydrogens is 247 g/mol. The number of nitrogens with one attached hydrogen (secondary N) is 1. The van der Waals surface area contributed by atoms with Crippen LogP contribution in [0, 0.1) is 5.41 Å². The van der Waals surface area contributed by atoms with Crippen molar-refractivity contribution >= 4 is 21.8 Å². The first-order valence-electron chi connectivity index (χ1n) is 4.43. The molecule has 0 rings (SSSR count). The number of alkyl halides is 3. The van der Waals surface area contributed by atoms with Gasteiger partial charge in [-0.1, -0.05) is 13.8 Å². The Hall–Kier alpha value is -0.373. The molecule has 0 aromatic rings. The second kappa shape index (κ2) is 4.24. The Morgan fingerprint density at radius 2 is 1.60 bits per heavy atom. The number of hydrogen-bond donors (Lipinski definition) is 1. The van der Waals surface area contributed by atoms with E-state index in [0.717, 1.165) is 6.92 Å². The van der Waals surface area contributed by atoms with E-state index in [0.29, 0.717) is 0 Å². The first-order valence-corrected chi connectivity index (χ1v) is 9.05. The summed E-state index contributed by atoms with van der Waals surface area (Å²) in [4.78, 5) is 0. The summed E-state index contributed by atoms with van der Waals surface area (Å²) in [5.41, 5.74) is -5.24. The highest BCUT2D eigenvalue weighted by molar-refractivity contribution is 8.25. The van der Waals surface area contributed by atoms with Crippen LogP contribution in [0.25, 0.3) is 0 Å². The summed E-state index contributed by atoms with van der Waals surface area (Å²) in [7, 11) is -8.94. The molecule has 90 valence electrons. The molecule has 0 radical (unpaired) electrons. The third kappa shape index (κ3) is 2.10. The molecule has 1 N–H and O–H groups in total. The molecule has 0 saturated carbocycles. The average molecular weight is 261 g/mol. The molecule has 8 heteroatoms. The zero-order chi connectivity index (χ0) is 12.5. The topological polar surface area (TPSA) is 58.0 Å². The van der Waals surface area contributed by atoms with Crippen molar-refractivity contribution in [3.8, 4) is 0 Å². The van der Waals surface area contributed by atoms with Gasteiger partial charge in [-0.3, -0.25) is 0 Å². The van der Waals surface area contributed by atoms with Gasteiger partial charge in [-0.15, -0.1) is 0 Å². The molecule has 0 fully saturated rings. The Morgan fingerprint density at radius 1 is 1.27 bits per heavy atom. The summed E-state index contributed by atoms with van der Waals surface area (Å²) < 4.78 is 60.0. The van der Waals surface area contributed by atoms with Crippen molar-refractivity contribution in [2.75, 3.05) is 0 Å². The SMILES string of the molecule is CC[Si](CC)(C(C)=N)S(=O)(=O)C(F)(F)F. The summed E-state index contributed by atoms with van der Waals surface area (Å²) in [5.74, 6) is 0. The van der Waals surface area contributed by atoms with E-state index in [9.17, 15) is 21.6 Å². The fraction of sp³-hybridized carbons (Fsp3) is 0.857. The first kappa shape index (κ1) is 14.6. The predicted molar refractivity (Wildman–Crippen MR) is 55.1 cm³/mol. The molecule has 0 aromatic heterocycles. The second-order valence-corrected chi connectivity index (χ2v) is 12.9. The van der Waals surface area contributed by atoms with E-state index in [2.05, 4.69) is 0 Å². The maximum Gasteiger partial charge on any atom is 0.491 e. The van der Waals surface area contributed by atoms with E-state index in [1.165, 1.54) is 13.8 Å². The summed E-state index contributed by atoms with van der Waals surface area (Å²) in [6.07, 6.45) is 0. The van der Waals surface area contributed by atoms with Crippen LogP contribution in [0.3, 0.4) is 0 Å². The van der Waals surface area contributed by atoms with Crippen LogP contribution in [-0.4, -0.2) is 26.5 Å². The molecule has 0 bridgehead atoms. The fourth-order valence-corrected chi connectivity index (χ4v) is 9.57. The first-order chi connectivity index (χ1) is 6.56. The minimum Gasteiger partial charge on any atom is -0.313 e. The van der Waals surface area contributed by atoms with E-state index in [-0.39, 0.29) is 17.4 Å². The van der Waals surface area contributed by atoms with Gasteiger partial charge < -0.3 is 5.41 Å². The smallest absolute Gasteiger partial charge is 0.313 e. The molecule has 0 amide bonds. The van der Waals surface area contributed by atoms with Gasteiger partial charge in [0.2, 0.25) is 9.29 Å². The number of rotatable bonds is 4. The molecule has 3 nitrogen and oxygen atoms in total. The predicted octanol–water partition coefficient (Wildman–Crippen LogP) is 2.49. The molecule has 0 saturated heterocycles. The van der Waals surface area contributed by atoms with E-state index < -0.39 is 22.0 Å². The molecule has 0 atom stereocenters. The number of hydrogen-bond acceptors (Lipinski definition) is 3. The van der Waals surface area contributed by atoms with Gasteiger partial charge >= 0.3 is 5.51 Å². The van der Waals surface area contributed by atoms with Crippen molar-refractivity contribution < 1.29 is 21.6 Å². The molecule has 15 heavy (non-hydrogen) atoms. The fourth-order valence-electron chi connectivity index (χ4n) is 1.58. The Balaban J connectivity index is 5.79. The van der Waals surface area contributed by atoms with Crippen LogP contribution in [0.1, 0.15) is 20.8 Å². The molecular formula is C7H14F3NO2SSi. The standard InChI is InChI=1S/C7H14F3NO2SSi/c1-4-15(5-2,6(3)11)14(12,13)7(8,9)10/h11H,4-5H2,1-3H3. The van der Waals surface area contributed by atoms with Crippen molar-refractivity contribution in [1.29, 1.82) is 5.41 Å². The van der Waals surface area contributed by atoms with Gasteiger partial charge in [0.15, 0.2) is 0 Å². The van der Waals surface area contributed by atoms with Crippen molar-refractivity contribution in [3.63, 3.8) is 0 Å². The minimum atomic E-state index is -5.24. The third-order valence-electron chi connectivity index (χ3n) is 2.64. The van der Waals surface area contributed by atoms with Crippen LogP contribution in [-0.2, 0) is 9.29 Å². The van der Waals surface area contributed by atoms with Crippen molar-refractivity contribution in [2.45, 2.75) is 38.4 Å². The summed E-state index contributed by atoms with van der Waals surface area (Å²) in [5, 5.41) is 6.99. The largest absolute Gasteiger partial charge is 0.491 e. The maximum atomic E-state index is 12.4. The van der Waals surface area contributed by atoms with Crippen LogP contribution in [0.15, 0.2) is 0 Å².